The van der Waals surface area contributed by atoms with Crippen LogP contribution < -0.4 is 0 Å². The van der Waals surface area contributed by atoms with E-state index in [1.54, 1.807) is 12.1 Å². The average Bonchev–Trinajstić information content (AvgIpc) is 2.84. The Hall–Kier alpha value is -3.28. The Morgan fingerprint density at radius 2 is 1.59 bits per heavy atom. The molecule has 0 saturated carbocycles. The van der Waals surface area contributed by atoms with Gasteiger partial charge in [0, 0.05) is 29.1 Å². The van der Waals surface area contributed by atoms with Gasteiger partial charge in [0.2, 0.25) is 0 Å². The van der Waals surface area contributed by atoms with Crippen LogP contribution in [0, 0.1) is 20.2 Å². The van der Waals surface area contributed by atoms with Crippen LogP contribution >= 0.6 is 0 Å². The molecule has 3 aromatic rings. The van der Waals surface area contributed by atoms with E-state index in [0.717, 1.165) is 21.9 Å². The maximum atomic E-state index is 11.3. The Morgan fingerprint density at radius 1 is 0.773 bits per heavy atom. The standard InChI is InChI=1S/C16H8N2O4/c19-17(20)10-5-6-11-12-3-1-2-9-4-7-14(18(21)22)16(15(9)12)13(11)8-10/h1-8H. The molecule has 22 heavy (non-hydrogen) atoms. The lowest BCUT2D eigenvalue weighted by atomic mass is 10.0. The molecule has 3 aromatic carbocycles. The van der Waals surface area contributed by atoms with Gasteiger partial charge in [-0.2, -0.15) is 0 Å². The van der Waals surface area contributed by atoms with Crippen LogP contribution in [0.2, 0.25) is 0 Å². The molecule has 106 valence electrons. The van der Waals surface area contributed by atoms with Crippen LogP contribution in [0.4, 0.5) is 11.4 Å². The van der Waals surface area contributed by atoms with Gasteiger partial charge in [-0.1, -0.05) is 18.2 Å². The molecule has 0 unspecified atom stereocenters. The number of rotatable bonds is 2. The number of benzene rings is 3. The summed E-state index contributed by atoms with van der Waals surface area (Å²) in [6, 6.07) is 13.3. The summed E-state index contributed by atoms with van der Waals surface area (Å²) >= 11 is 0. The lowest BCUT2D eigenvalue weighted by molar-refractivity contribution is -0.385. The average molecular weight is 292 g/mol. The highest BCUT2D eigenvalue weighted by Crippen LogP contribution is 2.51. The molecule has 0 radical (unpaired) electrons. The van der Waals surface area contributed by atoms with Crippen molar-refractivity contribution in [2.45, 2.75) is 0 Å². The number of nitrogens with zero attached hydrogens (tertiary/aromatic N) is 2. The normalized spacial score (nSPS) is 11.5. The molecule has 4 rings (SSSR count). The van der Waals surface area contributed by atoms with Crippen molar-refractivity contribution in [2.24, 2.45) is 0 Å². The summed E-state index contributed by atoms with van der Waals surface area (Å²) in [5.74, 6) is 0. The Balaban J connectivity index is 2.18. The first kappa shape index (κ1) is 12.5. The lowest BCUT2D eigenvalue weighted by Gasteiger charge is -2.03. The minimum atomic E-state index is -0.491. The van der Waals surface area contributed by atoms with Crippen molar-refractivity contribution in [1.82, 2.24) is 0 Å². The molecule has 0 amide bonds. The third kappa shape index (κ3) is 1.49. The van der Waals surface area contributed by atoms with Crippen LogP contribution in [0.5, 0.6) is 0 Å². The fourth-order valence-corrected chi connectivity index (χ4v) is 3.10. The van der Waals surface area contributed by atoms with Crippen LogP contribution in [0.3, 0.4) is 0 Å². The van der Waals surface area contributed by atoms with Gasteiger partial charge in [0.1, 0.15) is 0 Å². The molecule has 1 aliphatic carbocycles. The van der Waals surface area contributed by atoms with Crippen molar-refractivity contribution in [3.63, 3.8) is 0 Å². The summed E-state index contributed by atoms with van der Waals surface area (Å²) in [6.07, 6.45) is 0. The van der Waals surface area contributed by atoms with E-state index in [1.807, 2.05) is 18.2 Å². The summed E-state index contributed by atoms with van der Waals surface area (Å²) in [5.41, 5.74) is 2.59. The molecule has 0 aliphatic heterocycles. The molecule has 6 heteroatoms. The molecule has 0 spiro atoms. The van der Waals surface area contributed by atoms with E-state index < -0.39 is 9.85 Å². The van der Waals surface area contributed by atoms with Gasteiger partial charge < -0.3 is 0 Å². The van der Waals surface area contributed by atoms with Crippen LogP contribution in [0.15, 0.2) is 48.5 Å². The van der Waals surface area contributed by atoms with E-state index in [-0.39, 0.29) is 11.4 Å². The Labute approximate surface area is 123 Å². The molecule has 0 saturated heterocycles. The van der Waals surface area contributed by atoms with Gasteiger partial charge in [0.15, 0.2) is 0 Å². The molecule has 0 atom stereocenters. The topological polar surface area (TPSA) is 86.3 Å². The summed E-state index contributed by atoms with van der Waals surface area (Å²) in [5, 5.41) is 24.0. The summed E-state index contributed by atoms with van der Waals surface area (Å²) in [7, 11) is 0. The van der Waals surface area contributed by atoms with Crippen LogP contribution in [-0.2, 0) is 0 Å². The van der Waals surface area contributed by atoms with Crippen molar-refractivity contribution in [1.29, 1.82) is 0 Å². The van der Waals surface area contributed by atoms with Gasteiger partial charge in [-0.15, -0.1) is 0 Å². The molecular formula is C16H8N2O4. The molecule has 0 aromatic heterocycles. The fraction of sp³-hybridized carbons (Fsp3) is 0. The summed E-state index contributed by atoms with van der Waals surface area (Å²) in [6.45, 7) is 0. The van der Waals surface area contributed by atoms with Crippen LogP contribution in [0.1, 0.15) is 0 Å². The zero-order valence-electron chi connectivity index (χ0n) is 11.1. The Bertz CT molecular complexity index is 995. The second-order valence-electron chi connectivity index (χ2n) is 5.11. The predicted octanol–water partition coefficient (Wildman–Crippen LogP) is 4.30. The van der Waals surface area contributed by atoms with E-state index in [9.17, 15) is 20.2 Å². The SMILES string of the molecule is O=[N+]([O-])c1ccc2c(c1)-c1c([N+](=O)[O-])ccc3cccc-2c13. The number of fused-ring (bicyclic) bond motifs is 3. The maximum absolute atomic E-state index is 11.3. The van der Waals surface area contributed by atoms with Gasteiger partial charge in [-0.05, 0) is 28.6 Å². The predicted molar refractivity (Wildman–Crippen MR) is 81.7 cm³/mol. The monoisotopic (exact) mass is 292 g/mol. The van der Waals surface area contributed by atoms with Crippen molar-refractivity contribution >= 4 is 22.1 Å². The van der Waals surface area contributed by atoms with Crippen molar-refractivity contribution in [2.75, 3.05) is 0 Å². The summed E-state index contributed by atoms with van der Waals surface area (Å²) in [4.78, 5) is 21.4. The molecule has 0 fully saturated rings. The first-order valence-electron chi connectivity index (χ1n) is 6.57. The van der Waals surface area contributed by atoms with E-state index in [2.05, 4.69) is 0 Å². The zero-order chi connectivity index (χ0) is 15.4. The van der Waals surface area contributed by atoms with Gasteiger partial charge in [0.25, 0.3) is 11.4 Å². The smallest absolute Gasteiger partial charge is 0.258 e. The largest absolute Gasteiger partial charge is 0.277 e. The second kappa shape index (κ2) is 4.11. The highest BCUT2D eigenvalue weighted by Gasteiger charge is 2.30. The summed E-state index contributed by atoms with van der Waals surface area (Å²) < 4.78 is 0. The Kier molecular flexibility index (Phi) is 2.33. The van der Waals surface area contributed by atoms with Gasteiger partial charge in [0.05, 0.1) is 15.4 Å². The number of nitro groups is 2. The molecular weight excluding hydrogens is 284 g/mol. The van der Waals surface area contributed by atoms with E-state index in [0.29, 0.717) is 11.1 Å². The number of hydrogen-bond acceptors (Lipinski definition) is 4. The van der Waals surface area contributed by atoms with E-state index in [4.69, 9.17) is 0 Å². The third-order valence-corrected chi connectivity index (χ3v) is 3.99. The first-order valence-corrected chi connectivity index (χ1v) is 6.57. The van der Waals surface area contributed by atoms with Crippen LogP contribution in [0.25, 0.3) is 33.0 Å². The third-order valence-electron chi connectivity index (χ3n) is 3.99. The molecule has 0 heterocycles. The first-order chi connectivity index (χ1) is 10.6. The van der Waals surface area contributed by atoms with Crippen molar-refractivity contribution < 1.29 is 9.85 Å². The fourth-order valence-electron chi connectivity index (χ4n) is 3.10. The highest BCUT2D eigenvalue weighted by atomic mass is 16.6. The number of nitro benzene ring substituents is 2. The van der Waals surface area contributed by atoms with E-state index >= 15 is 0 Å². The quantitative estimate of drug-likeness (QED) is 0.407. The van der Waals surface area contributed by atoms with Crippen LogP contribution in [-0.4, -0.2) is 9.85 Å². The van der Waals surface area contributed by atoms with Crippen molar-refractivity contribution in [3.8, 4) is 22.3 Å². The van der Waals surface area contributed by atoms with E-state index in [1.165, 1.54) is 18.2 Å². The van der Waals surface area contributed by atoms with Gasteiger partial charge in [-0.25, -0.2) is 0 Å². The van der Waals surface area contributed by atoms with Crippen molar-refractivity contribution in [3.05, 3.63) is 68.8 Å². The maximum Gasteiger partial charge on any atom is 0.277 e. The van der Waals surface area contributed by atoms with Gasteiger partial charge >= 0.3 is 0 Å². The Morgan fingerprint density at radius 3 is 2.32 bits per heavy atom. The zero-order valence-corrected chi connectivity index (χ0v) is 11.1. The second-order valence-corrected chi connectivity index (χ2v) is 5.11. The number of hydrogen-bond donors (Lipinski definition) is 0. The molecule has 1 aliphatic rings. The molecule has 6 nitrogen and oxygen atoms in total. The molecule has 0 N–H and O–H groups in total. The number of non-ortho nitro benzene ring substituents is 1. The lowest BCUT2D eigenvalue weighted by Crippen LogP contribution is -1.92. The minimum Gasteiger partial charge on any atom is -0.258 e. The van der Waals surface area contributed by atoms with Gasteiger partial charge in [-0.3, -0.25) is 20.2 Å². The molecule has 0 bridgehead atoms. The minimum absolute atomic E-state index is 0.0285. The highest BCUT2D eigenvalue weighted by molar-refractivity contribution is 6.18.